The fraction of sp³-hybridized carbons (Fsp3) is 0.118. The molecule has 0 atom stereocenters. The van der Waals surface area contributed by atoms with Gasteiger partial charge in [0.15, 0.2) is 0 Å². The third-order valence-corrected chi connectivity index (χ3v) is 4.61. The zero-order valence-corrected chi connectivity index (χ0v) is 13.4. The van der Waals surface area contributed by atoms with Crippen molar-refractivity contribution in [2.45, 2.75) is 13.1 Å². The third-order valence-electron chi connectivity index (χ3n) is 3.74. The fourth-order valence-electron chi connectivity index (χ4n) is 2.64. The van der Waals surface area contributed by atoms with Crippen molar-refractivity contribution in [3.05, 3.63) is 63.3 Å². The lowest BCUT2D eigenvalue weighted by atomic mass is 10.2. The molecule has 6 nitrogen and oxygen atoms in total. The zero-order chi connectivity index (χ0) is 16.5. The maximum Gasteiger partial charge on any atom is 0.347 e. The number of nitrogens with zero attached hydrogens (tertiary/aromatic N) is 2. The molecule has 3 heterocycles. The Morgan fingerprint density at radius 1 is 1.21 bits per heavy atom. The Morgan fingerprint density at radius 2 is 2.08 bits per heavy atom. The molecule has 4 rings (SSSR count). The van der Waals surface area contributed by atoms with Crippen molar-refractivity contribution in [2.75, 3.05) is 0 Å². The lowest BCUT2D eigenvalue weighted by molar-refractivity contribution is -0.121. The molecule has 4 aromatic rings. The molecule has 0 saturated carbocycles. The van der Waals surface area contributed by atoms with Crippen molar-refractivity contribution in [1.29, 1.82) is 0 Å². The number of thiophene rings is 1. The Morgan fingerprint density at radius 3 is 2.92 bits per heavy atom. The molecule has 120 valence electrons. The van der Waals surface area contributed by atoms with Gasteiger partial charge in [-0.1, -0.05) is 18.2 Å². The molecular formula is C17H13N3O3S. The summed E-state index contributed by atoms with van der Waals surface area (Å²) in [5, 5.41) is 10.2. The van der Waals surface area contributed by atoms with Gasteiger partial charge in [-0.3, -0.25) is 9.48 Å². The number of carbonyl (C=O) groups is 1. The Bertz CT molecular complexity index is 1080. The SMILES string of the molecule is O=C(Cn1ncc2c(=O)oc3ccccc3c21)NCc1cccs1. The topological polar surface area (TPSA) is 77.1 Å². The quantitative estimate of drug-likeness (QED) is 0.580. The van der Waals surface area contributed by atoms with Gasteiger partial charge in [-0.05, 0) is 23.6 Å². The number of carbonyl (C=O) groups excluding carboxylic acids is 1. The summed E-state index contributed by atoms with van der Waals surface area (Å²) in [5.41, 5.74) is 0.651. The van der Waals surface area contributed by atoms with E-state index < -0.39 is 5.63 Å². The fourth-order valence-corrected chi connectivity index (χ4v) is 3.28. The Labute approximate surface area is 140 Å². The molecule has 0 fully saturated rings. The van der Waals surface area contributed by atoms with E-state index in [2.05, 4.69) is 10.4 Å². The molecular weight excluding hydrogens is 326 g/mol. The third kappa shape index (κ3) is 2.59. The number of nitrogens with one attached hydrogen (secondary N) is 1. The second kappa shape index (κ2) is 5.93. The number of hydrogen-bond acceptors (Lipinski definition) is 5. The summed E-state index contributed by atoms with van der Waals surface area (Å²) in [5.74, 6) is -0.161. The predicted octanol–water partition coefficient (Wildman–Crippen LogP) is 2.52. The first kappa shape index (κ1) is 14.6. The molecule has 1 aromatic carbocycles. The molecule has 7 heteroatoms. The number of amides is 1. The van der Waals surface area contributed by atoms with Gasteiger partial charge in [0.2, 0.25) is 5.91 Å². The highest BCUT2D eigenvalue weighted by atomic mass is 32.1. The molecule has 1 amide bonds. The largest absolute Gasteiger partial charge is 0.422 e. The Hall–Kier alpha value is -2.93. The van der Waals surface area contributed by atoms with Crippen LogP contribution in [0.4, 0.5) is 0 Å². The van der Waals surface area contributed by atoms with Crippen molar-refractivity contribution < 1.29 is 9.21 Å². The number of rotatable bonds is 4. The molecule has 0 bridgehead atoms. The van der Waals surface area contributed by atoms with Gasteiger partial charge in [0, 0.05) is 10.3 Å². The van der Waals surface area contributed by atoms with Gasteiger partial charge in [-0.15, -0.1) is 11.3 Å². The van der Waals surface area contributed by atoms with Crippen molar-refractivity contribution >= 4 is 39.1 Å². The van der Waals surface area contributed by atoms with Crippen LogP contribution in [0, 0.1) is 0 Å². The van der Waals surface area contributed by atoms with E-state index in [9.17, 15) is 9.59 Å². The molecule has 0 spiro atoms. The normalized spacial score (nSPS) is 11.2. The van der Waals surface area contributed by atoms with Gasteiger partial charge in [-0.25, -0.2) is 4.79 Å². The molecule has 3 aromatic heterocycles. The number of aromatic nitrogens is 2. The minimum Gasteiger partial charge on any atom is -0.422 e. The van der Waals surface area contributed by atoms with E-state index in [4.69, 9.17) is 4.42 Å². The molecule has 0 unspecified atom stereocenters. The first-order valence-electron chi connectivity index (χ1n) is 7.39. The van der Waals surface area contributed by atoms with E-state index in [-0.39, 0.29) is 12.5 Å². The first-order chi connectivity index (χ1) is 11.7. The number of para-hydroxylation sites is 1. The summed E-state index contributed by atoms with van der Waals surface area (Å²) < 4.78 is 6.82. The van der Waals surface area contributed by atoms with Crippen LogP contribution >= 0.6 is 11.3 Å². The second-order valence-electron chi connectivity index (χ2n) is 5.31. The van der Waals surface area contributed by atoms with Crippen LogP contribution in [0.1, 0.15) is 4.88 Å². The summed E-state index contributed by atoms with van der Waals surface area (Å²) in [6.07, 6.45) is 1.44. The molecule has 0 radical (unpaired) electrons. The Kier molecular flexibility index (Phi) is 3.62. The molecule has 0 aliphatic rings. The highest BCUT2D eigenvalue weighted by Crippen LogP contribution is 2.22. The number of benzene rings is 1. The molecule has 0 aliphatic carbocycles. The molecule has 0 aliphatic heterocycles. The van der Waals surface area contributed by atoms with Crippen LogP contribution in [0.15, 0.2) is 57.2 Å². The van der Waals surface area contributed by atoms with Gasteiger partial charge in [0.1, 0.15) is 17.5 Å². The maximum atomic E-state index is 12.2. The van der Waals surface area contributed by atoms with Gasteiger partial charge in [0.25, 0.3) is 0 Å². The second-order valence-corrected chi connectivity index (χ2v) is 6.34. The van der Waals surface area contributed by atoms with Crippen molar-refractivity contribution in [3.8, 4) is 0 Å². The van der Waals surface area contributed by atoms with E-state index in [0.717, 1.165) is 10.3 Å². The summed E-state index contributed by atoms with van der Waals surface area (Å²) in [6.45, 7) is 0.529. The van der Waals surface area contributed by atoms with Gasteiger partial charge in [-0.2, -0.15) is 5.10 Å². The lowest BCUT2D eigenvalue weighted by Gasteiger charge is -2.06. The standard InChI is InChI=1S/C17H13N3O3S/c21-15(18-8-11-4-3-7-24-11)10-20-16-12-5-1-2-6-14(12)23-17(22)13(16)9-19-20/h1-7,9H,8,10H2,(H,18,21). The van der Waals surface area contributed by atoms with Crippen molar-refractivity contribution in [1.82, 2.24) is 15.1 Å². The number of fused-ring (bicyclic) bond motifs is 3. The van der Waals surface area contributed by atoms with Crippen LogP contribution in [-0.4, -0.2) is 15.7 Å². The van der Waals surface area contributed by atoms with E-state index in [1.807, 2.05) is 29.6 Å². The van der Waals surface area contributed by atoms with Crippen molar-refractivity contribution in [3.63, 3.8) is 0 Å². The summed E-state index contributed by atoms with van der Waals surface area (Å²) in [6, 6.07) is 11.1. The molecule has 0 saturated heterocycles. The molecule has 24 heavy (non-hydrogen) atoms. The van der Waals surface area contributed by atoms with Gasteiger partial charge >= 0.3 is 5.63 Å². The minimum atomic E-state index is -0.450. The van der Waals surface area contributed by atoms with Gasteiger partial charge in [0.05, 0.1) is 18.3 Å². The Balaban J connectivity index is 1.67. The van der Waals surface area contributed by atoms with E-state index in [1.54, 1.807) is 28.2 Å². The monoisotopic (exact) mass is 339 g/mol. The minimum absolute atomic E-state index is 0.0440. The first-order valence-corrected chi connectivity index (χ1v) is 8.27. The van der Waals surface area contributed by atoms with Crippen LogP contribution in [0.3, 0.4) is 0 Å². The van der Waals surface area contributed by atoms with E-state index in [1.165, 1.54) is 6.20 Å². The summed E-state index contributed by atoms with van der Waals surface area (Å²) >= 11 is 1.59. The average Bonchev–Trinajstić information content (AvgIpc) is 3.23. The van der Waals surface area contributed by atoms with E-state index in [0.29, 0.717) is 23.0 Å². The van der Waals surface area contributed by atoms with Crippen LogP contribution in [0.5, 0.6) is 0 Å². The maximum absolute atomic E-state index is 12.2. The smallest absolute Gasteiger partial charge is 0.347 e. The molecule has 1 N–H and O–H groups in total. The average molecular weight is 339 g/mol. The van der Waals surface area contributed by atoms with Crippen LogP contribution in [-0.2, 0) is 17.9 Å². The highest BCUT2D eigenvalue weighted by Gasteiger charge is 2.14. The summed E-state index contributed by atoms with van der Waals surface area (Å²) in [7, 11) is 0. The lowest BCUT2D eigenvalue weighted by Crippen LogP contribution is -2.27. The summed E-state index contributed by atoms with van der Waals surface area (Å²) in [4.78, 5) is 25.3. The predicted molar refractivity (Wildman–Crippen MR) is 91.9 cm³/mol. The number of hydrogen-bond donors (Lipinski definition) is 1. The van der Waals surface area contributed by atoms with E-state index >= 15 is 0 Å². The van der Waals surface area contributed by atoms with Crippen molar-refractivity contribution in [2.24, 2.45) is 0 Å². The zero-order valence-electron chi connectivity index (χ0n) is 12.6. The highest BCUT2D eigenvalue weighted by molar-refractivity contribution is 7.09. The van der Waals surface area contributed by atoms with Crippen LogP contribution < -0.4 is 10.9 Å². The van der Waals surface area contributed by atoms with Gasteiger partial charge < -0.3 is 9.73 Å². The van der Waals surface area contributed by atoms with Crippen LogP contribution in [0.2, 0.25) is 0 Å². The van der Waals surface area contributed by atoms with Crippen LogP contribution in [0.25, 0.3) is 21.9 Å².